The molecule has 1 amide bonds. The first kappa shape index (κ1) is 19.8. The number of nitrogens with zero attached hydrogens (tertiary/aromatic N) is 2. The number of carbonyl (C=O) groups excluding carboxylic acids is 1. The number of rotatable bonds is 7. The molecule has 0 spiro atoms. The molecule has 0 fully saturated rings. The van der Waals surface area contributed by atoms with Crippen LogP contribution in [0.5, 0.6) is 5.75 Å². The van der Waals surface area contributed by atoms with Crippen molar-refractivity contribution in [2.45, 2.75) is 13.0 Å². The van der Waals surface area contributed by atoms with E-state index in [4.69, 9.17) is 10.5 Å². The Kier molecular flexibility index (Phi) is 7.47. The molecule has 0 aliphatic carbocycles. The van der Waals surface area contributed by atoms with Gasteiger partial charge in [-0.1, -0.05) is 34.1 Å². The number of hydrogen-bond donors (Lipinski definition) is 2. The fraction of sp³-hybridized carbons (Fsp3) is 0.263. The average Bonchev–Trinajstić information content (AvgIpc) is 2.64. The molecule has 0 atom stereocenters. The smallest absolute Gasteiger partial charge is 0.224 e. The number of guanidine groups is 1. The lowest BCUT2D eigenvalue weighted by atomic mass is 10.2. The number of nitrogens with one attached hydrogen (secondary N) is 1. The third kappa shape index (κ3) is 6.07. The van der Waals surface area contributed by atoms with E-state index in [1.165, 1.54) is 0 Å². The Morgan fingerprint density at radius 2 is 1.92 bits per heavy atom. The van der Waals surface area contributed by atoms with Crippen molar-refractivity contribution in [3.8, 4) is 5.75 Å². The highest BCUT2D eigenvalue weighted by atomic mass is 79.9. The molecule has 26 heavy (non-hydrogen) atoms. The summed E-state index contributed by atoms with van der Waals surface area (Å²) in [6.45, 7) is 0.873. The van der Waals surface area contributed by atoms with Crippen molar-refractivity contribution in [2.75, 3.05) is 26.0 Å². The van der Waals surface area contributed by atoms with Crippen LogP contribution >= 0.6 is 15.9 Å². The van der Waals surface area contributed by atoms with Crippen molar-refractivity contribution in [1.29, 1.82) is 0 Å². The van der Waals surface area contributed by atoms with Crippen LogP contribution in [0.15, 0.2) is 58.0 Å². The Bertz CT molecular complexity index is 762. The zero-order chi connectivity index (χ0) is 18.9. The molecule has 0 aliphatic heterocycles. The predicted molar refractivity (Wildman–Crippen MR) is 108 cm³/mol. The first-order valence-corrected chi connectivity index (χ1v) is 8.97. The van der Waals surface area contributed by atoms with E-state index < -0.39 is 0 Å². The quantitative estimate of drug-likeness (QED) is 0.534. The molecule has 0 unspecified atom stereocenters. The number of anilines is 1. The van der Waals surface area contributed by atoms with Gasteiger partial charge in [-0.15, -0.1) is 0 Å². The van der Waals surface area contributed by atoms with Gasteiger partial charge in [-0.3, -0.25) is 9.79 Å². The van der Waals surface area contributed by atoms with Crippen LogP contribution in [0.1, 0.15) is 12.0 Å². The summed E-state index contributed by atoms with van der Waals surface area (Å²) in [5.74, 6) is 1.06. The predicted octanol–water partition coefficient (Wildman–Crippen LogP) is 3.23. The maximum Gasteiger partial charge on any atom is 0.224 e. The summed E-state index contributed by atoms with van der Waals surface area (Å²) in [6, 6.07) is 15.2. The molecule has 6 nitrogen and oxygen atoms in total. The second-order valence-electron chi connectivity index (χ2n) is 5.71. The number of nitrogens with two attached hydrogens (primary N) is 1. The molecular formula is C19H23BrN4O2. The highest BCUT2D eigenvalue weighted by Gasteiger charge is 2.10. The summed E-state index contributed by atoms with van der Waals surface area (Å²) < 4.78 is 6.09. The molecule has 3 N–H and O–H groups in total. The summed E-state index contributed by atoms with van der Waals surface area (Å²) in [6.07, 6.45) is 0.298. The summed E-state index contributed by atoms with van der Waals surface area (Å²) in [5.41, 5.74) is 7.73. The van der Waals surface area contributed by atoms with Crippen LogP contribution in [-0.4, -0.2) is 37.5 Å². The van der Waals surface area contributed by atoms with Crippen molar-refractivity contribution < 1.29 is 9.53 Å². The van der Waals surface area contributed by atoms with Crippen LogP contribution in [0.25, 0.3) is 0 Å². The highest BCUT2D eigenvalue weighted by molar-refractivity contribution is 9.10. The number of carbonyl (C=O) groups is 1. The Balaban J connectivity index is 1.80. The number of benzene rings is 2. The van der Waals surface area contributed by atoms with E-state index in [0.29, 0.717) is 19.5 Å². The third-order valence-corrected chi connectivity index (χ3v) is 4.53. The van der Waals surface area contributed by atoms with Crippen molar-refractivity contribution >= 4 is 33.5 Å². The summed E-state index contributed by atoms with van der Waals surface area (Å²) in [7, 11) is 3.40. The Hall–Kier alpha value is -2.54. The van der Waals surface area contributed by atoms with Crippen molar-refractivity contribution in [3.05, 3.63) is 58.6 Å². The Morgan fingerprint density at radius 3 is 2.58 bits per heavy atom. The van der Waals surface area contributed by atoms with Crippen LogP contribution in [0, 0.1) is 0 Å². The first-order chi connectivity index (χ1) is 12.5. The molecule has 0 aromatic heterocycles. The lowest BCUT2D eigenvalue weighted by Gasteiger charge is -2.17. The molecule has 0 bridgehead atoms. The molecule has 0 radical (unpaired) electrons. The third-order valence-electron chi connectivity index (χ3n) is 3.76. The zero-order valence-electron chi connectivity index (χ0n) is 14.9. The van der Waals surface area contributed by atoms with E-state index in [1.54, 1.807) is 19.1 Å². The standard InChI is InChI=1S/C19H23BrN4O2/c1-24(13-14-5-3-4-6-17(14)20)18(25)11-12-22-19(21)23-15-7-9-16(26-2)10-8-15/h3-10H,11-13H2,1-2H3,(H3,21,22,23). The minimum Gasteiger partial charge on any atom is -0.497 e. The van der Waals surface area contributed by atoms with Gasteiger partial charge >= 0.3 is 0 Å². The Morgan fingerprint density at radius 1 is 1.23 bits per heavy atom. The van der Waals surface area contributed by atoms with Gasteiger partial charge in [0.25, 0.3) is 0 Å². The lowest BCUT2D eigenvalue weighted by Crippen LogP contribution is -2.28. The molecule has 0 aliphatic rings. The SMILES string of the molecule is COc1ccc(NC(N)=NCCC(=O)N(C)Cc2ccccc2Br)cc1. The summed E-state index contributed by atoms with van der Waals surface area (Å²) in [4.78, 5) is 18.1. The van der Waals surface area contributed by atoms with E-state index in [2.05, 4.69) is 26.2 Å². The molecular weight excluding hydrogens is 396 g/mol. The van der Waals surface area contributed by atoms with E-state index in [1.807, 2.05) is 48.5 Å². The molecule has 2 aromatic carbocycles. The number of hydrogen-bond acceptors (Lipinski definition) is 3. The minimum atomic E-state index is 0.0155. The van der Waals surface area contributed by atoms with E-state index in [9.17, 15) is 4.79 Å². The molecule has 0 saturated carbocycles. The van der Waals surface area contributed by atoms with Crippen molar-refractivity contribution in [3.63, 3.8) is 0 Å². The van der Waals surface area contributed by atoms with Gasteiger partial charge in [0.15, 0.2) is 5.96 Å². The van der Waals surface area contributed by atoms with E-state index in [0.717, 1.165) is 21.5 Å². The average molecular weight is 419 g/mol. The first-order valence-electron chi connectivity index (χ1n) is 8.18. The van der Waals surface area contributed by atoms with Crippen LogP contribution in [0.4, 0.5) is 5.69 Å². The highest BCUT2D eigenvalue weighted by Crippen LogP contribution is 2.17. The van der Waals surface area contributed by atoms with Crippen LogP contribution < -0.4 is 15.8 Å². The molecule has 7 heteroatoms. The molecule has 2 aromatic rings. The number of methoxy groups -OCH3 is 1. The lowest BCUT2D eigenvalue weighted by molar-refractivity contribution is -0.130. The number of halogens is 1. The van der Waals surface area contributed by atoms with Gasteiger partial charge in [-0.25, -0.2) is 0 Å². The van der Waals surface area contributed by atoms with Crippen molar-refractivity contribution in [1.82, 2.24) is 4.90 Å². The van der Waals surface area contributed by atoms with Gasteiger partial charge in [0, 0.05) is 30.2 Å². The Labute approximate surface area is 162 Å². The van der Waals surface area contributed by atoms with Crippen LogP contribution in [0.2, 0.25) is 0 Å². The zero-order valence-corrected chi connectivity index (χ0v) is 16.5. The van der Waals surface area contributed by atoms with E-state index >= 15 is 0 Å². The second-order valence-corrected chi connectivity index (χ2v) is 6.57. The van der Waals surface area contributed by atoms with Gasteiger partial charge in [-0.05, 0) is 35.9 Å². The van der Waals surface area contributed by atoms with Crippen LogP contribution in [-0.2, 0) is 11.3 Å². The summed E-state index contributed by atoms with van der Waals surface area (Å²) >= 11 is 3.49. The molecule has 0 heterocycles. The fourth-order valence-corrected chi connectivity index (χ4v) is 2.71. The summed E-state index contributed by atoms with van der Waals surface area (Å²) in [5, 5.41) is 2.98. The van der Waals surface area contributed by atoms with Gasteiger partial charge in [0.2, 0.25) is 5.91 Å². The van der Waals surface area contributed by atoms with Gasteiger partial charge in [0.1, 0.15) is 5.75 Å². The van der Waals surface area contributed by atoms with Gasteiger partial charge in [0.05, 0.1) is 13.7 Å². The maximum absolute atomic E-state index is 12.2. The monoisotopic (exact) mass is 418 g/mol. The molecule has 0 saturated heterocycles. The van der Waals surface area contributed by atoms with Crippen molar-refractivity contribution in [2.24, 2.45) is 10.7 Å². The minimum absolute atomic E-state index is 0.0155. The molecule has 138 valence electrons. The normalized spacial score (nSPS) is 11.1. The largest absolute Gasteiger partial charge is 0.497 e. The number of amides is 1. The topological polar surface area (TPSA) is 80.0 Å². The number of ether oxygens (including phenoxy) is 1. The maximum atomic E-state index is 12.2. The van der Waals surface area contributed by atoms with Crippen LogP contribution in [0.3, 0.4) is 0 Å². The second kappa shape index (κ2) is 9.82. The van der Waals surface area contributed by atoms with E-state index in [-0.39, 0.29) is 11.9 Å². The fourth-order valence-electron chi connectivity index (χ4n) is 2.29. The number of aliphatic imine (C=N–C) groups is 1. The van der Waals surface area contributed by atoms with Gasteiger partial charge in [-0.2, -0.15) is 0 Å². The van der Waals surface area contributed by atoms with Gasteiger partial charge < -0.3 is 20.7 Å². The molecule has 2 rings (SSSR count).